The zero-order valence-corrected chi connectivity index (χ0v) is 16.3. The lowest BCUT2D eigenvalue weighted by Gasteiger charge is -2.37. The Morgan fingerprint density at radius 3 is 2.65 bits per heavy atom. The summed E-state index contributed by atoms with van der Waals surface area (Å²) in [5.74, 6) is -0.0707. The summed E-state index contributed by atoms with van der Waals surface area (Å²) in [5.41, 5.74) is 2.76. The highest BCUT2D eigenvalue weighted by atomic mass is 35.5. The van der Waals surface area contributed by atoms with E-state index in [-0.39, 0.29) is 18.3 Å². The first kappa shape index (κ1) is 20.4. The molecule has 2 unspecified atom stereocenters. The van der Waals surface area contributed by atoms with Gasteiger partial charge in [-0.05, 0) is 63.2 Å². The van der Waals surface area contributed by atoms with Gasteiger partial charge < -0.3 is 10.6 Å². The summed E-state index contributed by atoms with van der Waals surface area (Å²) in [6.07, 6.45) is 2.47. The number of halogens is 1. The van der Waals surface area contributed by atoms with E-state index in [1.165, 1.54) is 18.4 Å². The van der Waals surface area contributed by atoms with Crippen molar-refractivity contribution in [3.63, 3.8) is 0 Å². The standard InChI is InChI=1S/C21H27N3O.ClH/c1-16(24-13-7-12-20(15-24)22-2)18-10-6-11-19(14-18)23-21(25)17-8-4-3-5-9-17;/h3-6,8-11,14,16,20,22H,7,12-13,15H2,1-2H3,(H,23,25);1H. The molecule has 0 bridgehead atoms. The van der Waals surface area contributed by atoms with Gasteiger partial charge in [0.2, 0.25) is 0 Å². The molecule has 1 saturated heterocycles. The lowest BCUT2D eigenvalue weighted by atomic mass is 10.00. The Morgan fingerprint density at radius 1 is 1.15 bits per heavy atom. The molecule has 5 heteroatoms. The van der Waals surface area contributed by atoms with Crippen LogP contribution in [0, 0.1) is 0 Å². The molecule has 2 aromatic carbocycles. The number of carbonyl (C=O) groups is 1. The molecular weight excluding hydrogens is 346 g/mol. The summed E-state index contributed by atoms with van der Waals surface area (Å²) >= 11 is 0. The summed E-state index contributed by atoms with van der Waals surface area (Å²) in [4.78, 5) is 14.9. The van der Waals surface area contributed by atoms with Crippen LogP contribution >= 0.6 is 12.4 Å². The minimum Gasteiger partial charge on any atom is -0.322 e. The zero-order valence-electron chi connectivity index (χ0n) is 15.4. The Kier molecular flexibility index (Phi) is 7.64. The number of hydrogen-bond acceptors (Lipinski definition) is 3. The minimum atomic E-state index is -0.0707. The van der Waals surface area contributed by atoms with Crippen molar-refractivity contribution in [2.75, 3.05) is 25.5 Å². The molecule has 0 aromatic heterocycles. The van der Waals surface area contributed by atoms with Gasteiger partial charge in [0, 0.05) is 29.9 Å². The van der Waals surface area contributed by atoms with Gasteiger partial charge in [0.25, 0.3) is 5.91 Å². The molecule has 140 valence electrons. The number of anilines is 1. The normalized spacial score (nSPS) is 18.6. The van der Waals surface area contributed by atoms with E-state index in [9.17, 15) is 4.79 Å². The van der Waals surface area contributed by atoms with Gasteiger partial charge in [0.15, 0.2) is 0 Å². The molecule has 2 aromatic rings. The van der Waals surface area contributed by atoms with E-state index in [2.05, 4.69) is 34.6 Å². The molecular formula is C21H28ClN3O. The maximum absolute atomic E-state index is 12.3. The van der Waals surface area contributed by atoms with Crippen molar-refractivity contribution >= 4 is 24.0 Å². The van der Waals surface area contributed by atoms with Crippen molar-refractivity contribution < 1.29 is 4.79 Å². The van der Waals surface area contributed by atoms with Crippen LogP contribution in [-0.2, 0) is 0 Å². The van der Waals surface area contributed by atoms with Crippen LogP contribution in [0.2, 0.25) is 0 Å². The van der Waals surface area contributed by atoms with Gasteiger partial charge in [-0.25, -0.2) is 0 Å². The molecule has 0 aliphatic carbocycles. The van der Waals surface area contributed by atoms with Crippen molar-refractivity contribution in [3.8, 4) is 0 Å². The van der Waals surface area contributed by atoms with E-state index in [0.717, 1.165) is 18.8 Å². The fourth-order valence-corrected chi connectivity index (χ4v) is 3.47. The van der Waals surface area contributed by atoms with E-state index in [4.69, 9.17) is 0 Å². The maximum atomic E-state index is 12.3. The molecule has 1 aliphatic rings. The Balaban J connectivity index is 0.00000243. The number of likely N-dealkylation sites (N-methyl/N-ethyl adjacent to an activating group) is 1. The maximum Gasteiger partial charge on any atom is 0.255 e. The fourth-order valence-electron chi connectivity index (χ4n) is 3.47. The van der Waals surface area contributed by atoms with Crippen LogP contribution < -0.4 is 10.6 Å². The van der Waals surface area contributed by atoms with E-state index in [0.29, 0.717) is 17.6 Å². The summed E-state index contributed by atoms with van der Waals surface area (Å²) in [7, 11) is 2.04. The average molecular weight is 374 g/mol. The van der Waals surface area contributed by atoms with Crippen LogP contribution in [0.25, 0.3) is 0 Å². The molecule has 1 aliphatic heterocycles. The van der Waals surface area contributed by atoms with E-state index >= 15 is 0 Å². The molecule has 1 heterocycles. The Morgan fingerprint density at radius 2 is 1.92 bits per heavy atom. The average Bonchev–Trinajstić information content (AvgIpc) is 2.68. The van der Waals surface area contributed by atoms with Crippen molar-refractivity contribution in [2.24, 2.45) is 0 Å². The van der Waals surface area contributed by atoms with Crippen molar-refractivity contribution in [1.29, 1.82) is 0 Å². The number of likely N-dealkylation sites (tertiary alicyclic amines) is 1. The van der Waals surface area contributed by atoms with Crippen LogP contribution in [0.15, 0.2) is 54.6 Å². The van der Waals surface area contributed by atoms with Crippen molar-refractivity contribution in [2.45, 2.75) is 31.8 Å². The number of nitrogens with one attached hydrogen (secondary N) is 2. The summed E-state index contributed by atoms with van der Waals surface area (Å²) in [6.45, 7) is 4.44. The van der Waals surface area contributed by atoms with Crippen molar-refractivity contribution in [3.05, 3.63) is 65.7 Å². The van der Waals surface area contributed by atoms with Crippen LogP contribution in [-0.4, -0.2) is 37.0 Å². The summed E-state index contributed by atoms with van der Waals surface area (Å²) < 4.78 is 0. The molecule has 2 N–H and O–H groups in total. The largest absolute Gasteiger partial charge is 0.322 e. The number of piperidine rings is 1. The summed E-state index contributed by atoms with van der Waals surface area (Å²) in [6, 6.07) is 18.4. The minimum absolute atomic E-state index is 0. The number of carbonyl (C=O) groups excluding carboxylic acids is 1. The number of nitrogens with zero attached hydrogens (tertiary/aromatic N) is 1. The highest BCUT2D eigenvalue weighted by molar-refractivity contribution is 6.04. The van der Waals surface area contributed by atoms with Gasteiger partial charge in [-0.15, -0.1) is 12.4 Å². The van der Waals surface area contributed by atoms with Gasteiger partial charge in [0.1, 0.15) is 0 Å². The predicted molar refractivity (Wildman–Crippen MR) is 110 cm³/mol. The number of hydrogen-bond donors (Lipinski definition) is 2. The first-order valence-corrected chi connectivity index (χ1v) is 9.05. The first-order chi connectivity index (χ1) is 12.2. The highest BCUT2D eigenvalue weighted by Crippen LogP contribution is 2.26. The molecule has 0 spiro atoms. The van der Waals surface area contributed by atoms with Gasteiger partial charge in [0.05, 0.1) is 0 Å². The van der Waals surface area contributed by atoms with Crippen LogP contribution in [0.3, 0.4) is 0 Å². The molecule has 1 fully saturated rings. The predicted octanol–water partition coefficient (Wildman–Crippen LogP) is 4.11. The van der Waals surface area contributed by atoms with Crippen molar-refractivity contribution in [1.82, 2.24) is 10.2 Å². The Labute approximate surface area is 162 Å². The zero-order chi connectivity index (χ0) is 17.6. The number of benzene rings is 2. The highest BCUT2D eigenvalue weighted by Gasteiger charge is 2.23. The second-order valence-electron chi connectivity index (χ2n) is 6.74. The second-order valence-corrected chi connectivity index (χ2v) is 6.74. The number of rotatable bonds is 5. The van der Waals surface area contributed by atoms with Gasteiger partial charge in [-0.3, -0.25) is 9.69 Å². The van der Waals surface area contributed by atoms with Crippen LogP contribution in [0.4, 0.5) is 5.69 Å². The molecule has 2 atom stereocenters. The molecule has 0 saturated carbocycles. The molecule has 0 radical (unpaired) electrons. The smallest absolute Gasteiger partial charge is 0.255 e. The monoisotopic (exact) mass is 373 g/mol. The van der Waals surface area contributed by atoms with E-state index in [1.807, 2.05) is 49.5 Å². The SMILES string of the molecule is CNC1CCCN(C(C)c2cccc(NC(=O)c3ccccc3)c2)C1.Cl. The topological polar surface area (TPSA) is 44.4 Å². The second kappa shape index (κ2) is 9.72. The van der Waals surface area contributed by atoms with Gasteiger partial charge >= 0.3 is 0 Å². The van der Waals surface area contributed by atoms with E-state index < -0.39 is 0 Å². The third kappa shape index (κ3) is 5.07. The van der Waals surface area contributed by atoms with E-state index in [1.54, 1.807) is 0 Å². The Bertz CT molecular complexity index is 707. The molecule has 3 rings (SSSR count). The third-order valence-corrected chi connectivity index (χ3v) is 5.07. The molecule has 4 nitrogen and oxygen atoms in total. The number of amides is 1. The lowest BCUT2D eigenvalue weighted by Crippen LogP contribution is -2.45. The Hall–Kier alpha value is -1.88. The first-order valence-electron chi connectivity index (χ1n) is 9.05. The lowest BCUT2D eigenvalue weighted by molar-refractivity contribution is 0.102. The molecule has 26 heavy (non-hydrogen) atoms. The molecule has 1 amide bonds. The fraction of sp³-hybridized carbons (Fsp3) is 0.381. The van der Waals surface area contributed by atoms with Crippen LogP contribution in [0.1, 0.15) is 41.7 Å². The van der Waals surface area contributed by atoms with Crippen LogP contribution in [0.5, 0.6) is 0 Å². The van der Waals surface area contributed by atoms with Gasteiger partial charge in [-0.2, -0.15) is 0 Å². The third-order valence-electron chi connectivity index (χ3n) is 5.07. The summed E-state index contributed by atoms with van der Waals surface area (Å²) in [5, 5.41) is 6.40. The van der Waals surface area contributed by atoms with Gasteiger partial charge in [-0.1, -0.05) is 30.3 Å². The quantitative estimate of drug-likeness (QED) is 0.829.